The van der Waals surface area contributed by atoms with E-state index in [1.54, 1.807) is 12.1 Å². The summed E-state index contributed by atoms with van der Waals surface area (Å²) in [4.78, 5) is 34.5. The monoisotopic (exact) mass is 373 g/mol. The Balaban J connectivity index is 2.04. The first-order chi connectivity index (χ1) is 12.9. The van der Waals surface area contributed by atoms with Gasteiger partial charge >= 0.3 is 5.97 Å². The Labute approximate surface area is 155 Å². The second-order valence-corrected chi connectivity index (χ2v) is 5.63. The first-order valence-corrected chi connectivity index (χ1v) is 8.07. The molecule has 142 valence electrons. The molecule has 0 atom stereocenters. The fourth-order valence-corrected chi connectivity index (χ4v) is 2.20. The van der Waals surface area contributed by atoms with Crippen LogP contribution in [-0.2, 0) is 9.53 Å². The van der Waals surface area contributed by atoms with Gasteiger partial charge in [0, 0.05) is 30.1 Å². The maximum absolute atomic E-state index is 12.3. The Hall–Kier alpha value is -3.46. The Morgan fingerprint density at radius 3 is 2.52 bits per heavy atom. The molecular formula is C18H19N3O6. The van der Waals surface area contributed by atoms with Crippen molar-refractivity contribution in [2.45, 2.75) is 6.92 Å². The highest BCUT2D eigenvalue weighted by Crippen LogP contribution is 2.23. The van der Waals surface area contributed by atoms with Gasteiger partial charge < -0.3 is 20.5 Å². The molecule has 0 saturated heterocycles. The summed E-state index contributed by atoms with van der Waals surface area (Å²) in [5, 5.41) is 25.2. The molecule has 0 radical (unpaired) electrons. The molecule has 2 aromatic carbocycles. The number of ether oxygens (including phenoxy) is 1. The molecule has 0 spiro atoms. The number of nitro groups is 1. The minimum Gasteiger partial charge on any atom is -0.452 e. The fourth-order valence-electron chi connectivity index (χ4n) is 2.20. The van der Waals surface area contributed by atoms with Crippen LogP contribution in [0.15, 0.2) is 42.5 Å². The molecule has 0 heterocycles. The van der Waals surface area contributed by atoms with Crippen molar-refractivity contribution < 1.29 is 24.4 Å². The molecule has 0 aromatic heterocycles. The molecule has 0 aliphatic rings. The largest absolute Gasteiger partial charge is 0.452 e. The van der Waals surface area contributed by atoms with Crippen molar-refractivity contribution in [3.63, 3.8) is 0 Å². The van der Waals surface area contributed by atoms with E-state index in [4.69, 9.17) is 9.84 Å². The van der Waals surface area contributed by atoms with Crippen molar-refractivity contribution in [1.82, 2.24) is 0 Å². The van der Waals surface area contributed by atoms with E-state index < -0.39 is 23.4 Å². The SMILES string of the molecule is Cc1ccc(NC(=O)COC(=O)c2cc([N+](=O)[O-])ccc2NCCO)cc1. The van der Waals surface area contributed by atoms with Crippen LogP contribution in [0.4, 0.5) is 17.1 Å². The van der Waals surface area contributed by atoms with Crippen LogP contribution in [0, 0.1) is 17.0 Å². The zero-order chi connectivity index (χ0) is 19.8. The van der Waals surface area contributed by atoms with Crippen LogP contribution in [0.1, 0.15) is 15.9 Å². The molecule has 0 saturated carbocycles. The smallest absolute Gasteiger partial charge is 0.341 e. The lowest BCUT2D eigenvalue weighted by Crippen LogP contribution is -2.21. The van der Waals surface area contributed by atoms with Gasteiger partial charge in [-0.05, 0) is 25.1 Å². The van der Waals surface area contributed by atoms with Crippen LogP contribution in [-0.4, -0.2) is 41.7 Å². The molecule has 0 bridgehead atoms. The highest BCUT2D eigenvalue weighted by molar-refractivity contribution is 5.99. The van der Waals surface area contributed by atoms with E-state index in [0.29, 0.717) is 5.69 Å². The molecule has 2 rings (SSSR count). The molecule has 1 amide bonds. The summed E-state index contributed by atoms with van der Waals surface area (Å²) in [5.74, 6) is -1.43. The van der Waals surface area contributed by atoms with Gasteiger partial charge in [-0.25, -0.2) is 4.79 Å². The summed E-state index contributed by atoms with van der Waals surface area (Å²) in [6.07, 6.45) is 0. The standard InChI is InChI=1S/C18H19N3O6/c1-12-2-4-13(5-3-12)20-17(23)11-27-18(24)15-10-14(21(25)26)6-7-16(15)19-8-9-22/h2-7,10,19,22H,8-9,11H2,1H3,(H,20,23). The third-order valence-corrected chi connectivity index (χ3v) is 3.53. The topological polar surface area (TPSA) is 131 Å². The number of aliphatic hydroxyl groups excluding tert-OH is 1. The molecule has 9 heteroatoms. The molecule has 2 aromatic rings. The number of nitrogens with one attached hydrogen (secondary N) is 2. The van der Waals surface area contributed by atoms with Gasteiger partial charge in [0.15, 0.2) is 6.61 Å². The number of nitro benzene ring substituents is 1. The van der Waals surface area contributed by atoms with Crippen LogP contribution in [0.5, 0.6) is 0 Å². The second-order valence-electron chi connectivity index (χ2n) is 5.63. The molecule has 9 nitrogen and oxygen atoms in total. The summed E-state index contributed by atoms with van der Waals surface area (Å²) in [7, 11) is 0. The van der Waals surface area contributed by atoms with Gasteiger partial charge in [0.25, 0.3) is 11.6 Å². The lowest BCUT2D eigenvalue weighted by Gasteiger charge is -2.11. The molecule has 0 unspecified atom stereocenters. The van der Waals surface area contributed by atoms with Crippen molar-refractivity contribution in [2.24, 2.45) is 0 Å². The van der Waals surface area contributed by atoms with Gasteiger partial charge in [0.05, 0.1) is 17.1 Å². The van der Waals surface area contributed by atoms with Crippen LogP contribution < -0.4 is 10.6 Å². The summed E-state index contributed by atoms with van der Waals surface area (Å²) in [6, 6.07) is 10.7. The van der Waals surface area contributed by atoms with Crippen LogP contribution in [0.2, 0.25) is 0 Å². The number of anilines is 2. The molecule has 0 aliphatic heterocycles. The number of aryl methyl sites for hydroxylation is 1. The van der Waals surface area contributed by atoms with Crippen molar-refractivity contribution in [3.8, 4) is 0 Å². The van der Waals surface area contributed by atoms with E-state index >= 15 is 0 Å². The number of benzene rings is 2. The first-order valence-electron chi connectivity index (χ1n) is 8.07. The van der Waals surface area contributed by atoms with Gasteiger partial charge in [-0.2, -0.15) is 0 Å². The van der Waals surface area contributed by atoms with E-state index in [-0.39, 0.29) is 30.1 Å². The highest BCUT2D eigenvalue weighted by Gasteiger charge is 2.19. The number of esters is 1. The quantitative estimate of drug-likeness (QED) is 0.367. The Bertz CT molecular complexity index is 835. The predicted molar refractivity (Wildman–Crippen MR) is 98.8 cm³/mol. The van der Waals surface area contributed by atoms with Gasteiger partial charge in [-0.3, -0.25) is 14.9 Å². The maximum atomic E-state index is 12.3. The minimum absolute atomic E-state index is 0.0965. The number of aliphatic hydroxyl groups is 1. The third kappa shape index (κ3) is 5.79. The number of hydrogen-bond donors (Lipinski definition) is 3. The van der Waals surface area contributed by atoms with E-state index in [1.807, 2.05) is 19.1 Å². The van der Waals surface area contributed by atoms with Crippen molar-refractivity contribution >= 4 is 28.9 Å². The van der Waals surface area contributed by atoms with Crippen molar-refractivity contribution in [1.29, 1.82) is 0 Å². The highest BCUT2D eigenvalue weighted by atomic mass is 16.6. The van der Waals surface area contributed by atoms with Crippen molar-refractivity contribution in [2.75, 3.05) is 30.4 Å². The number of hydrogen-bond acceptors (Lipinski definition) is 7. The summed E-state index contributed by atoms with van der Waals surface area (Å²) in [5.41, 5.74) is 1.47. The summed E-state index contributed by atoms with van der Waals surface area (Å²) in [6.45, 7) is 1.32. The predicted octanol–water partition coefficient (Wildman–Crippen LogP) is 2.10. The lowest BCUT2D eigenvalue weighted by atomic mass is 10.1. The molecule has 27 heavy (non-hydrogen) atoms. The van der Waals surface area contributed by atoms with Gasteiger partial charge in [-0.1, -0.05) is 17.7 Å². The fraction of sp³-hybridized carbons (Fsp3) is 0.222. The number of rotatable bonds is 8. The average molecular weight is 373 g/mol. The zero-order valence-electron chi connectivity index (χ0n) is 14.6. The van der Waals surface area contributed by atoms with Gasteiger partial charge in [-0.15, -0.1) is 0 Å². The third-order valence-electron chi connectivity index (χ3n) is 3.53. The number of nitrogens with zero attached hydrogens (tertiary/aromatic N) is 1. The average Bonchev–Trinajstić information content (AvgIpc) is 2.66. The van der Waals surface area contributed by atoms with Crippen LogP contribution >= 0.6 is 0 Å². The van der Waals surface area contributed by atoms with E-state index in [1.165, 1.54) is 12.1 Å². The zero-order valence-corrected chi connectivity index (χ0v) is 14.6. The Morgan fingerprint density at radius 2 is 1.89 bits per heavy atom. The molecular weight excluding hydrogens is 354 g/mol. The van der Waals surface area contributed by atoms with E-state index in [2.05, 4.69) is 10.6 Å². The number of non-ortho nitro benzene ring substituents is 1. The minimum atomic E-state index is -0.891. The van der Waals surface area contributed by atoms with Crippen LogP contribution in [0.3, 0.4) is 0 Å². The normalized spacial score (nSPS) is 10.1. The van der Waals surface area contributed by atoms with E-state index in [0.717, 1.165) is 11.6 Å². The Kier molecular flexibility index (Phi) is 6.84. The molecule has 3 N–H and O–H groups in total. The summed E-state index contributed by atoms with van der Waals surface area (Å²) >= 11 is 0. The first kappa shape index (κ1) is 19.9. The van der Waals surface area contributed by atoms with Crippen molar-refractivity contribution in [3.05, 3.63) is 63.7 Å². The maximum Gasteiger partial charge on any atom is 0.341 e. The van der Waals surface area contributed by atoms with E-state index in [9.17, 15) is 19.7 Å². The Morgan fingerprint density at radius 1 is 1.19 bits per heavy atom. The molecule has 0 fully saturated rings. The number of carbonyl (C=O) groups excluding carboxylic acids is 2. The lowest BCUT2D eigenvalue weighted by molar-refractivity contribution is -0.384. The van der Waals surface area contributed by atoms with Crippen LogP contribution in [0.25, 0.3) is 0 Å². The number of amides is 1. The van der Waals surface area contributed by atoms with Gasteiger partial charge in [0.1, 0.15) is 0 Å². The van der Waals surface area contributed by atoms with Gasteiger partial charge in [0.2, 0.25) is 0 Å². The summed E-state index contributed by atoms with van der Waals surface area (Å²) < 4.78 is 4.97. The number of carbonyl (C=O) groups is 2. The second kappa shape index (κ2) is 9.30. The molecule has 0 aliphatic carbocycles.